The molecule has 11 heavy (non-hydrogen) atoms. The van der Waals surface area contributed by atoms with Crippen molar-refractivity contribution < 1.29 is 9.59 Å². The number of hydrogen-bond acceptors (Lipinski definition) is 4. The zero-order valence-electron chi connectivity index (χ0n) is 6.25. The Morgan fingerprint density at radius 1 is 0.909 bits per heavy atom. The third kappa shape index (κ3) is 6.44. The normalized spacial score (nSPS) is 9.64. The van der Waals surface area contributed by atoms with Crippen LogP contribution in [0.3, 0.4) is 0 Å². The zero-order valence-corrected chi connectivity index (χ0v) is 8.04. The standard InChI is InChI=1S/C7H12O2S2/c8-6(1-3-10)5-7(9)2-4-11/h10-11H,1-5H2. The Bertz CT molecular complexity index is 129. The van der Waals surface area contributed by atoms with Crippen molar-refractivity contribution in [3.8, 4) is 0 Å². The van der Waals surface area contributed by atoms with Gasteiger partial charge in [-0.3, -0.25) is 9.59 Å². The fourth-order valence-electron chi connectivity index (χ4n) is 0.646. The Labute approximate surface area is 77.6 Å². The topological polar surface area (TPSA) is 34.1 Å². The number of rotatable bonds is 6. The van der Waals surface area contributed by atoms with Gasteiger partial charge in [0.1, 0.15) is 11.6 Å². The Kier molecular flexibility index (Phi) is 6.76. The summed E-state index contributed by atoms with van der Waals surface area (Å²) in [7, 11) is 0. The van der Waals surface area contributed by atoms with E-state index in [-0.39, 0.29) is 18.0 Å². The number of ketones is 2. The molecule has 0 bridgehead atoms. The lowest BCUT2D eigenvalue weighted by atomic mass is 10.1. The molecule has 0 saturated heterocycles. The van der Waals surface area contributed by atoms with Gasteiger partial charge in [0.25, 0.3) is 0 Å². The van der Waals surface area contributed by atoms with Gasteiger partial charge in [-0.25, -0.2) is 0 Å². The molecule has 2 nitrogen and oxygen atoms in total. The van der Waals surface area contributed by atoms with Crippen LogP contribution in [0.25, 0.3) is 0 Å². The van der Waals surface area contributed by atoms with Crippen molar-refractivity contribution in [2.24, 2.45) is 0 Å². The van der Waals surface area contributed by atoms with Gasteiger partial charge in [-0.1, -0.05) is 0 Å². The van der Waals surface area contributed by atoms with Crippen LogP contribution in [0.2, 0.25) is 0 Å². The predicted molar refractivity (Wildman–Crippen MR) is 51.6 cm³/mol. The van der Waals surface area contributed by atoms with Crippen LogP contribution in [0.5, 0.6) is 0 Å². The summed E-state index contributed by atoms with van der Waals surface area (Å²) < 4.78 is 0. The number of hydrogen-bond donors (Lipinski definition) is 2. The molecule has 0 amide bonds. The molecule has 0 aliphatic heterocycles. The van der Waals surface area contributed by atoms with E-state index in [1.54, 1.807) is 0 Å². The minimum Gasteiger partial charge on any atom is -0.299 e. The molecule has 0 atom stereocenters. The van der Waals surface area contributed by atoms with Gasteiger partial charge in [-0.05, 0) is 11.5 Å². The molecular formula is C7H12O2S2. The highest BCUT2D eigenvalue weighted by Crippen LogP contribution is 1.97. The Morgan fingerprint density at radius 3 is 1.55 bits per heavy atom. The van der Waals surface area contributed by atoms with Crippen molar-refractivity contribution in [2.75, 3.05) is 11.5 Å². The van der Waals surface area contributed by atoms with Gasteiger partial charge in [0.15, 0.2) is 0 Å². The smallest absolute Gasteiger partial charge is 0.141 e. The van der Waals surface area contributed by atoms with E-state index in [2.05, 4.69) is 25.3 Å². The van der Waals surface area contributed by atoms with Crippen molar-refractivity contribution in [3.05, 3.63) is 0 Å². The van der Waals surface area contributed by atoms with Gasteiger partial charge in [0.05, 0.1) is 6.42 Å². The first-order chi connectivity index (χ1) is 5.20. The monoisotopic (exact) mass is 192 g/mol. The van der Waals surface area contributed by atoms with E-state index in [4.69, 9.17) is 0 Å². The van der Waals surface area contributed by atoms with Crippen LogP contribution in [0.1, 0.15) is 19.3 Å². The van der Waals surface area contributed by atoms with E-state index in [9.17, 15) is 9.59 Å². The minimum atomic E-state index is -0.0215. The summed E-state index contributed by atoms with van der Waals surface area (Å²) in [5.41, 5.74) is 0. The molecule has 0 aromatic rings. The highest BCUT2D eigenvalue weighted by atomic mass is 32.1. The van der Waals surface area contributed by atoms with E-state index in [0.717, 1.165) is 0 Å². The van der Waals surface area contributed by atoms with E-state index < -0.39 is 0 Å². The SMILES string of the molecule is O=C(CCS)CC(=O)CCS. The molecule has 0 heterocycles. The highest BCUT2D eigenvalue weighted by Gasteiger charge is 2.06. The zero-order chi connectivity index (χ0) is 8.69. The number of thiol groups is 2. The lowest BCUT2D eigenvalue weighted by molar-refractivity contribution is -0.126. The molecule has 0 rings (SSSR count). The van der Waals surface area contributed by atoms with Crippen molar-refractivity contribution >= 4 is 36.8 Å². The van der Waals surface area contributed by atoms with Crippen molar-refractivity contribution in [1.82, 2.24) is 0 Å². The van der Waals surface area contributed by atoms with Crippen LogP contribution in [0, 0.1) is 0 Å². The number of carbonyl (C=O) groups excluding carboxylic acids is 2. The van der Waals surface area contributed by atoms with Gasteiger partial charge in [0.2, 0.25) is 0 Å². The third-order valence-electron chi connectivity index (χ3n) is 1.18. The molecule has 0 N–H and O–H groups in total. The first-order valence-electron chi connectivity index (χ1n) is 3.45. The fraction of sp³-hybridized carbons (Fsp3) is 0.714. The van der Waals surface area contributed by atoms with Crippen molar-refractivity contribution in [3.63, 3.8) is 0 Å². The second-order valence-corrected chi connectivity index (χ2v) is 3.10. The molecule has 0 saturated carbocycles. The van der Waals surface area contributed by atoms with Gasteiger partial charge in [0, 0.05) is 12.8 Å². The summed E-state index contributed by atoms with van der Waals surface area (Å²) in [5.74, 6) is 0.999. The average molecular weight is 192 g/mol. The van der Waals surface area contributed by atoms with Crippen molar-refractivity contribution in [1.29, 1.82) is 0 Å². The predicted octanol–water partition coefficient (Wildman–Crippen LogP) is 1.15. The second kappa shape index (κ2) is 6.73. The second-order valence-electron chi connectivity index (χ2n) is 2.20. The van der Waals surface area contributed by atoms with Crippen LogP contribution in [0.4, 0.5) is 0 Å². The quantitative estimate of drug-likeness (QED) is 0.489. The number of Topliss-reactive ketones (excluding diaryl/α,β-unsaturated/α-hetero) is 2. The third-order valence-corrected chi connectivity index (χ3v) is 1.62. The average Bonchev–Trinajstić information content (AvgIpc) is 1.87. The Hall–Kier alpha value is 0.0400. The molecule has 0 aliphatic rings. The van der Waals surface area contributed by atoms with Crippen LogP contribution < -0.4 is 0 Å². The maximum atomic E-state index is 10.8. The molecule has 0 spiro atoms. The Morgan fingerprint density at radius 2 is 1.27 bits per heavy atom. The minimum absolute atomic E-state index is 0.0215. The summed E-state index contributed by atoms with van der Waals surface area (Å²) >= 11 is 7.77. The largest absolute Gasteiger partial charge is 0.299 e. The maximum absolute atomic E-state index is 10.8. The molecule has 0 unspecified atom stereocenters. The first kappa shape index (κ1) is 11.0. The lowest BCUT2D eigenvalue weighted by Gasteiger charge is -1.95. The summed E-state index contributed by atoms with van der Waals surface area (Å²) in [4.78, 5) is 21.7. The Balaban J connectivity index is 3.49. The maximum Gasteiger partial charge on any atom is 0.141 e. The summed E-state index contributed by atoms with van der Waals surface area (Å²) in [6, 6.07) is 0. The fourth-order valence-corrected chi connectivity index (χ4v) is 1.14. The molecule has 0 aromatic carbocycles. The molecule has 4 heteroatoms. The van der Waals surface area contributed by atoms with E-state index >= 15 is 0 Å². The first-order valence-corrected chi connectivity index (χ1v) is 4.72. The molecule has 0 aromatic heterocycles. The van der Waals surface area contributed by atoms with Gasteiger partial charge >= 0.3 is 0 Å². The van der Waals surface area contributed by atoms with Gasteiger partial charge in [-0.15, -0.1) is 0 Å². The van der Waals surface area contributed by atoms with E-state index in [0.29, 0.717) is 24.3 Å². The molecule has 0 fully saturated rings. The van der Waals surface area contributed by atoms with Crippen LogP contribution in [-0.2, 0) is 9.59 Å². The molecule has 0 aliphatic carbocycles. The van der Waals surface area contributed by atoms with Gasteiger partial charge < -0.3 is 0 Å². The summed E-state index contributed by atoms with van der Waals surface area (Å²) in [6.45, 7) is 0. The molecule has 64 valence electrons. The van der Waals surface area contributed by atoms with Gasteiger partial charge in [-0.2, -0.15) is 25.3 Å². The summed E-state index contributed by atoms with van der Waals surface area (Å²) in [5, 5.41) is 0. The van der Waals surface area contributed by atoms with Crippen LogP contribution in [-0.4, -0.2) is 23.1 Å². The van der Waals surface area contributed by atoms with Crippen molar-refractivity contribution in [2.45, 2.75) is 19.3 Å². The summed E-state index contributed by atoms with van der Waals surface area (Å²) in [6.07, 6.45) is 0.837. The van der Waals surface area contributed by atoms with E-state index in [1.165, 1.54) is 0 Å². The molecule has 0 radical (unpaired) electrons. The number of carbonyl (C=O) groups is 2. The molecular weight excluding hydrogens is 180 g/mol. The highest BCUT2D eigenvalue weighted by molar-refractivity contribution is 7.80. The van der Waals surface area contributed by atoms with E-state index in [1.807, 2.05) is 0 Å². The van der Waals surface area contributed by atoms with Crippen LogP contribution in [0.15, 0.2) is 0 Å². The van der Waals surface area contributed by atoms with Crippen LogP contribution >= 0.6 is 25.3 Å². The lowest BCUT2D eigenvalue weighted by Crippen LogP contribution is -2.08.